The summed E-state index contributed by atoms with van der Waals surface area (Å²) in [6.07, 6.45) is 0. The molecule has 1 amide bonds. The van der Waals surface area contributed by atoms with Crippen LogP contribution in [0.15, 0.2) is 30.3 Å². The highest BCUT2D eigenvalue weighted by Crippen LogP contribution is 2.38. The van der Waals surface area contributed by atoms with Gasteiger partial charge in [-0.15, -0.1) is 0 Å². The van der Waals surface area contributed by atoms with E-state index in [2.05, 4.69) is 5.32 Å². The number of anilines is 2. The van der Waals surface area contributed by atoms with Gasteiger partial charge >= 0.3 is 0 Å². The summed E-state index contributed by atoms with van der Waals surface area (Å²) in [5.41, 5.74) is 9.69. The SMILES string of the molecule is Cc1ccc(C(=O)Nc2cc3c(cc2N)OCO3)cc1C. The van der Waals surface area contributed by atoms with Crippen LogP contribution in [-0.2, 0) is 0 Å². The van der Waals surface area contributed by atoms with Gasteiger partial charge in [-0.2, -0.15) is 0 Å². The molecule has 108 valence electrons. The number of hydrogen-bond acceptors (Lipinski definition) is 4. The Labute approximate surface area is 122 Å². The summed E-state index contributed by atoms with van der Waals surface area (Å²) in [7, 11) is 0. The summed E-state index contributed by atoms with van der Waals surface area (Å²) in [4.78, 5) is 12.3. The number of ether oxygens (including phenoxy) is 2. The minimum Gasteiger partial charge on any atom is -0.454 e. The van der Waals surface area contributed by atoms with E-state index in [0.29, 0.717) is 28.4 Å². The molecule has 2 aromatic carbocycles. The lowest BCUT2D eigenvalue weighted by molar-refractivity contribution is 0.102. The highest BCUT2D eigenvalue weighted by atomic mass is 16.7. The fraction of sp³-hybridized carbons (Fsp3) is 0.188. The number of benzene rings is 2. The van der Waals surface area contributed by atoms with Crippen LogP contribution in [-0.4, -0.2) is 12.7 Å². The second-order valence-corrected chi connectivity index (χ2v) is 5.05. The van der Waals surface area contributed by atoms with Gasteiger partial charge in [0.2, 0.25) is 6.79 Å². The normalized spacial score (nSPS) is 12.3. The predicted molar refractivity (Wildman–Crippen MR) is 80.8 cm³/mol. The summed E-state index contributed by atoms with van der Waals surface area (Å²) in [6.45, 7) is 4.15. The highest BCUT2D eigenvalue weighted by Gasteiger charge is 2.17. The maximum absolute atomic E-state index is 12.3. The number of nitrogen functional groups attached to an aromatic ring is 1. The zero-order chi connectivity index (χ0) is 15.0. The molecule has 5 nitrogen and oxygen atoms in total. The van der Waals surface area contributed by atoms with Crippen LogP contribution in [0.5, 0.6) is 11.5 Å². The second-order valence-electron chi connectivity index (χ2n) is 5.05. The van der Waals surface area contributed by atoms with Crippen molar-refractivity contribution in [2.75, 3.05) is 17.8 Å². The molecule has 0 atom stereocenters. The van der Waals surface area contributed by atoms with Crippen LogP contribution in [0.25, 0.3) is 0 Å². The quantitative estimate of drug-likeness (QED) is 0.832. The van der Waals surface area contributed by atoms with Gasteiger partial charge in [0, 0.05) is 17.7 Å². The van der Waals surface area contributed by atoms with Crippen molar-refractivity contribution >= 4 is 17.3 Å². The monoisotopic (exact) mass is 284 g/mol. The van der Waals surface area contributed by atoms with Crippen molar-refractivity contribution in [3.8, 4) is 11.5 Å². The largest absolute Gasteiger partial charge is 0.454 e. The maximum Gasteiger partial charge on any atom is 0.255 e. The molecule has 0 saturated heterocycles. The molecule has 3 rings (SSSR count). The number of nitrogens with one attached hydrogen (secondary N) is 1. The first-order valence-corrected chi connectivity index (χ1v) is 6.62. The number of hydrogen-bond donors (Lipinski definition) is 2. The van der Waals surface area contributed by atoms with Gasteiger partial charge in [-0.05, 0) is 37.1 Å². The number of carbonyl (C=O) groups excluding carboxylic acids is 1. The molecule has 0 saturated carbocycles. The van der Waals surface area contributed by atoms with Gasteiger partial charge < -0.3 is 20.5 Å². The number of rotatable bonds is 2. The molecule has 0 aromatic heterocycles. The number of aryl methyl sites for hydroxylation is 2. The van der Waals surface area contributed by atoms with Crippen LogP contribution < -0.4 is 20.5 Å². The van der Waals surface area contributed by atoms with E-state index in [0.717, 1.165) is 11.1 Å². The average molecular weight is 284 g/mol. The van der Waals surface area contributed by atoms with E-state index in [9.17, 15) is 4.79 Å². The lowest BCUT2D eigenvalue weighted by atomic mass is 10.1. The summed E-state index contributed by atoms with van der Waals surface area (Å²) in [6, 6.07) is 8.90. The molecule has 0 unspecified atom stereocenters. The van der Waals surface area contributed by atoms with Gasteiger partial charge in [0.25, 0.3) is 5.91 Å². The van der Waals surface area contributed by atoms with Crippen molar-refractivity contribution < 1.29 is 14.3 Å². The minimum atomic E-state index is -0.205. The Morgan fingerprint density at radius 2 is 1.81 bits per heavy atom. The van der Waals surface area contributed by atoms with E-state index >= 15 is 0 Å². The Morgan fingerprint density at radius 3 is 2.52 bits per heavy atom. The lowest BCUT2D eigenvalue weighted by Crippen LogP contribution is -2.13. The zero-order valence-corrected chi connectivity index (χ0v) is 11.9. The van der Waals surface area contributed by atoms with Crippen LogP contribution in [0.2, 0.25) is 0 Å². The Kier molecular flexibility index (Phi) is 3.17. The Hall–Kier alpha value is -2.69. The first-order chi connectivity index (χ1) is 10.0. The van der Waals surface area contributed by atoms with E-state index in [1.54, 1.807) is 18.2 Å². The van der Waals surface area contributed by atoms with Crippen molar-refractivity contribution in [3.05, 3.63) is 47.0 Å². The molecule has 5 heteroatoms. The third-order valence-electron chi connectivity index (χ3n) is 3.56. The zero-order valence-electron chi connectivity index (χ0n) is 11.9. The fourth-order valence-electron chi connectivity index (χ4n) is 2.14. The molecule has 0 spiro atoms. The molecule has 0 aliphatic carbocycles. The first-order valence-electron chi connectivity index (χ1n) is 6.62. The minimum absolute atomic E-state index is 0.170. The number of carbonyl (C=O) groups is 1. The van der Waals surface area contributed by atoms with E-state index in [1.807, 2.05) is 26.0 Å². The van der Waals surface area contributed by atoms with Crippen molar-refractivity contribution in [2.45, 2.75) is 13.8 Å². The molecule has 0 radical (unpaired) electrons. The molecule has 1 heterocycles. The molecule has 3 N–H and O–H groups in total. The Balaban J connectivity index is 1.86. The molecular weight excluding hydrogens is 268 g/mol. The second kappa shape index (κ2) is 5.01. The number of fused-ring (bicyclic) bond motifs is 1. The summed E-state index contributed by atoms with van der Waals surface area (Å²) in [5.74, 6) is 0.972. The highest BCUT2D eigenvalue weighted by molar-refractivity contribution is 6.06. The van der Waals surface area contributed by atoms with Crippen LogP contribution >= 0.6 is 0 Å². The smallest absolute Gasteiger partial charge is 0.255 e. The van der Waals surface area contributed by atoms with Crippen LogP contribution in [0.3, 0.4) is 0 Å². The van der Waals surface area contributed by atoms with Gasteiger partial charge in [-0.1, -0.05) is 6.07 Å². The van der Waals surface area contributed by atoms with Crippen LogP contribution in [0.4, 0.5) is 11.4 Å². The van der Waals surface area contributed by atoms with E-state index in [-0.39, 0.29) is 12.7 Å². The lowest BCUT2D eigenvalue weighted by Gasteiger charge is -2.10. The van der Waals surface area contributed by atoms with Gasteiger partial charge in [-0.3, -0.25) is 4.79 Å². The summed E-state index contributed by atoms with van der Waals surface area (Å²) >= 11 is 0. The van der Waals surface area contributed by atoms with Gasteiger partial charge in [0.1, 0.15) is 0 Å². The molecule has 0 bridgehead atoms. The van der Waals surface area contributed by atoms with Crippen LogP contribution in [0.1, 0.15) is 21.5 Å². The van der Waals surface area contributed by atoms with Gasteiger partial charge in [0.05, 0.1) is 11.4 Å². The van der Waals surface area contributed by atoms with E-state index in [1.165, 1.54) is 0 Å². The van der Waals surface area contributed by atoms with E-state index < -0.39 is 0 Å². The molecular formula is C16H16N2O3. The van der Waals surface area contributed by atoms with Crippen molar-refractivity contribution in [2.24, 2.45) is 0 Å². The third kappa shape index (κ3) is 2.50. The summed E-state index contributed by atoms with van der Waals surface area (Å²) < 4.78 is 10.5. The average Bonchev–Trinajstić information content (AvgIpc) is 2.89. The predicted octanol–water partition coefficient (Wildman–Crippen LogP) is 2.87. The molecule has 21 heavy (non-hydrogen) atoms. The molecule has 1 aliphatic rings. The first kappa shape index (κ1) is 13.3. The fourth-order valence-corrected chi connectivity index (χ4v) is 2.14. The third-order valence-corrected chi connectivity index (χ3v) is 3.56. The van der Waals surface area contributed by atoms with E-state index in [4.69, 9.17) is 15.2 Å². The number of nitrogens with two attached hydrogens (primary N) is 1. The molecule has 1 aliphatic heterocycles. The van der Waals surface area contributed by atoms with Gasteiger partial charge in [-0.25, -0.2) is 0 Å². The summed E-state index contributed by atoms with van der Waals surface area (Å²) in [5, 5.41) is 2.80. The molecule has 2 aromatic rings. The van der Waals surface area contributed by atoms with Gasteiger partial charge in [0.15, 0.2) is 11.5 Å². The van der Waals surface area contributed by atoms with Crippen LogP contribution in [0, 0.1) is 13.8 Å². The topological polar surface area (TPSA) is 73.6 Å². The Morgan fingerprint density at radius 1 is 1.10 bits per heavy atom. The number of amides is 1. The standard InChI is InChI=1S/C16H16N2O3/c1-9-3-4-11(5-10(9)2)16(19)18-13-7-15-14(6-12(13)17)20-8-21-15/h3-7H,8,17H2,1-2H3,(H,18,19). The molecule has 0 fully saturated rings. The Bertz CT molecular complexity index is 726. The maximum atomic E-state index is 12.3. The van der Waals surface area contributed by atoms with Crippen molar-refractivity contribution in [3.63, 3.8) is 0 Å². The van der Waals surface area contributed by atoms with Crippen molar-refractivity contribution in [1.82, 2.24) is 0 Å². The van der Waals surface area contributed by atoms with Crippen molar-refractivity contribution in [1.29, 1.82) is 0 Å².